The van der Waals surface area contributed by atoms with E-state index in [0.29, 0.717) is 6.04 Å². The second-order valence-corrected chi connectivity index (χ2v) is 6.09. The Labute approximate surface area is 138 Å². The second-order valence-electron chi connectivity index (χ2n) is 6.09. The summed E-state index contributed by atoms with van der Waals surface area (Å²) >= 11 is 0. The maximum absolute atomic E-state index is 9.36. The molecule has 2 heterocycles. The van der Waals surface area contributed by atoms with E-state index in [1.807, 2.05) is 24.4 Å². The molecule has 2 N–H and O–H groups in total. The highest BCUT2D eigenvalue weighted by atomic mass is 16.3. The molecule has 1 saturated heterocycles. The molecule has 0 radical (unpaired) electrons. The summed E-state index contributed by atoms with van der Waals surface area (Å²) in [5, 5.41) is 13.1. The summed E-state index contributed by atoms with van der Waals surface area (Å²) in [6.07, 6.45) is 4.81. The van der Waals surface area contributed by atoms with Gasteiger partial charge < -0.3 is 15.3 Å². The molecular weight excluding hydrogens is 286 g/mol. The first-order valence-electron chi connectivity index (χ1n) is 8.44. The fraction of sp³-hybridized carbons (Fsp3) is 0.421. The predicted octanol–water partition coefficient (Wildman–Crippen LogP) is 2.76. The third-order valence-electron chi connectivity index (χ3n) is 4.52. The summed E-state index contributed by atoms with van der Waals surface area (Å²) in [7, 11) is 0. The van der Waals surface area contributed by atoms with Crippen molar-refractivity contribution in [2.45, 2.75) is 31.3 Å². The third kappa shape index (κ3) is 4.30. The Morgan fingerprint density at radius 1 is 1.09 bits per heavy atom. The van der Waals surface area contributed by atoms with E-state index >= 15 is 0 Å². The van der Waals surface area contributed by atoms with Gasteiger partial charge in [-0.15, -0.1) is 0 Å². The lowest BCUT2D eigenvalue weighted by Gasteiger charge is -2.35. The van der Waals surface area contributed by atoms with Gasteiger partial charge in [0, 0.05) is 38.0 Å². The number of hydrogen-bond acceptors (Lipinski definition) is 4. The molecule has 0 bridgehead atoms. The van der Waals surface area contributed by atoms with Gasteiger partial charge in [0.05, 0.1) is 0 Å². The third-order valence-corrected chi connectivity index (χ3v) is 4.52. The Morgan fingerprint density at radius 3 is 2.48 bits per heavy atom. The lowest BCUT2D eigenvalue weighted by atomic mass is 9.99. The van der Waals surface area contributed by atoms with Crippen molar-refractivity contribution >= 4 is 5.82 Å². The molecule has 2 aromatic rings. The van der Waals surface area contributed by atoms with Crippen molar-refractivity contribution < 1.29 is 5.11 Å². The molecule has 0 amide bonds. The molecule has 3 rings (SSSR count). The van der Waals surface area contributed by atoms with Gasteiger partial charge in [0.2, 0.25) is 0 Å². The highest BCUT2D eigenvalue weighted by Crippen LogP contribution is 2.22. The largest absolute Gasteiger partial charge is 0.396 e. The van der Waals surface area contributed by atoms with E-state index in [2.05, 4.69) is 45.5 Å². The number of piperidine rings is 1. The summed E-state index contributed by atoms with van der Waals surface area (Å²) < 4.78 is 0. The lowest BCUT2D eigenvalue weighted by molar-refractivity contribution is 0.252. The Kier molecular flexibility index (Phi) is 5.61. The Balaban J connectivity index is 1.56. The van der Waals surface area contributed by atoms with Gasteiger partial charge in [-0.25, -0.2) is 4.98 Å². The predicted molar refractivity (Wildman–Crippen MR) is 93.5 cm³/mol. The van der Waals surface area contributed by atoms with Crippen LogP contribution < -0.4 is 10.2 Å². The maximum atomic E-state index is 9.36. The normalized spacial score (nSPS) is 17.2. The molecule has 1 aliphatic heterocycles. The molecule has 4 nitrogen and oxygen atoms in total. The van der Waals surface area contributed by atoms with Gasteiger partial charge in [-0.2, -0.15) is 0 Å². The minimum atomic E-state index is 0.208. The molecule has 0 saturated carbocycles. The SMILES string of the molecule is OCC[C@@H](NC1CCN(c2ccccn2)CC1)c1ccccc1. The fourth-order valence-electron chi connectivity index (χ4n) is 3.26. The molecular formula is C19H25N3O. The van der Waals surface area contributed by atoms with E-state index in [1.165, 1.54) is 5.56 Å². The second kappa shape index (κ2) is 8.09. The van der Waals surface area contributed by atoms with Gasteiger partial charge in [-0.3, -0.25) is 0 Å². The van der Waals surface area contributed by atoms with Crippen molar-refractivity contribution in [1.29, 1.82) is 0 Å². The standard InChI is InChI=1S/C19H25N3O/c23-15-11-18(16-6-2-1-3-7-16)21-17-9-13-22(14-10-17)19-8-4-5-12-20-19/h1-8,12,17-18,21,23H,9-11,13-15H2/t18-/m1/s1. The van der Waals surface area contributed by atoms with Gasteiger partial charge in [0.1, 0.15) is 5.82 Å². The van der Waals surface area contributed by atoms with Crippen LogP contribution in [0, 0.1) is 0 Å². The maximum Gasteiger partial charge on any atom is 0.128 e. The van der Waals surface area contributed by atoms with Crippen LogP contribution in [0.5, 0.6) is 0 Å². The Bertz CT molecular complexity index is 568. The topological polar surface area (TPSA) is 48.4 Å². The minimum Gasteiger partial charge on any atom is -0.396 e. The molecule has 23 heavy (non-hydrogen) atoms. The molecule has 1 fully saturated rings. The summed E-state index contributed by atoms with van der Waals surface area (Å²) in [4.78, 5) is 6.79. The first-order valence-corrected chi connectivity index (χ1v) is 8.44. The molecule has 0 spiro atoms. The zero-order valence-corrected chi connectivity index (χ0v) is 13.4. The van der Waals surface area contributed by atoms with Crippen molar-refractivity contribution in [3.05, 3.63) is 60.3 Å². The number of anilines is 1. The molecule has 0 unspecified atom stereocenters. The van der Waals surface area contributed by atoms with E-state index in [0.717, 1.165) is 38.2 Å². The van der Waals surface area contributed by atoms with Gasteiger partial charge in [0.15, 0.2) is 0 Å². The molecule has 1 aromatic carbocycles. The first-order chi connectivity index (χ1) is 11.4. The van der Waals surface area contributed by atoms with Gasteiger partial charge in [-0.05, 0) is 37.0 Å². The summed E-state index contributed by atoms with van der Waals surface area (Å²) in [6.45, 7) is 2.25. The van der Waals surface area contributed by atoms with Crippen LogP contribution in [0.1, 0.15) is 30.9 Å². The highest BCUT2D eigenvalue weighted by molar-refractivity contribution is 5.38. The molecule has 4 heteroatoms. The average molecular weight is 311 g/mol. The van der Waals surface area contributed by atoms with Gasteiger partial charge >= 0.3 is 0 Å². The van der Waals surface area contributed by atoms with Crippen molar-refractivity contribution in [2.75, 3.05) is 24.6 Å². The van der Waals surface area contributed by atoms with Crippen LogP contribution in [0.25, 0.3) is 0 Å². The van der Waals surface area contributed by atoms with Gasteiger partial charge in [-0.1, -0.05) is 36.4 Å². The van der Waals surface area contributed by atoms with E-state index in [9.17, 15) is 5.11 Å². The van der Waals surface area contributed by atoms with Crippen molar-refractivity contribution in [1.82, 2.24) is 10.3 Å². The Hall–Kier alpha value is -1.91. The molecule has 0 aliphatic carbocycles. The lowest BCUT2D eigenvalue weighted by Crippen LogP contribution is -2.44. The van der Waals surface area contributed by atoms with Crippen molar-refractivity contribution in [3.8, 4) is 0 Å². The zero-order chi connectivity index (χ0) is 15.9. The highest BCUT2D eigenvalue weighted by Gasteiger charge is 2.22. The quantitative estimate of drug-likeness (QED) is 0.861. The Morgan fingerprint density at radius 2 is 1.83 bits per heavy atom. The number of aliphatic hydroxyl groups is 1. The molecule has 1 aromatic heterocycles. The van der Waals surface area contributed by atoms with Crippen molar-refractivity contribution in [2.24, 2.45) is 0 Å². The number of benzene rings is 1. The minimum absolute atomic E-state index is 0.208. The van der Waals surface area contributed by atoms with Crippen molar-refractivity contribution in [3.63, 3.8) is 0 Å². The van der Waals surface area contributed by atoms with E-state index in [4.69, 9.17) is 0 Å². The monoisotopic (exact) mass is 311 g/mol. The summed E-state index contributed by atoms with van der Waals surface area (Å²) in [5.74, 6) is 1.07. The number of rotatable bonds is 6. The van der Waals surface area contributed by atoms with E-state index < -0.39 is 0 Å². The smallest absolute Gasteiger partial charge is 0.128 e. The molecule has 1 atom stereocenters. The van der Waals surface area contributed by atoms with Crippen LogP contribution in [0.3, 0.4) is 0 Å². The van der Waals surface area contributed by atoms with Crippen LogP contribution in [0.2, 0.25) is 0 Å². The number of aliphatic hydroxyl groups excluding tert-OH is 1. The summed E-state index contributed by atoms with van der Waals surface area (Å²) in [6, 6.07) is 17.2. The number of pyridine rings is 1. The summed E-state index contributed by atoms with van der Waals surface area (Å²) in [5.41, 5.74) is 1.26. The molecule has 122 valence electrons. The number of aromatic nitrogens is 1. The van der Waals surface area contributed by atoms with Crippen LogP contribution >= 0.6 is 0 Å². The van der Waals surface area contributed by atoms with Crippen LogP contribution in [0.15, 0.2) is 54.7 Å². The average Bonchev–Trinajstić information content (AvgIpc) is 2.63. The number of hydrogen-bond donors (Lipinski definition) is 2. The number of nitrogens with zero attached hydrogens (tertiary/aromatic N) is 2. The molecule has 1 aliphatic rings. The van der Waals surface area contributed by atoms with E-state index in [1.54, 1.807) is 0 Å². The van der Waals surface area contributed by atoms with Gasteiger partial charge in [0.25, 0.3) is 0 Å². The number of nitrogens with one attached hydrogen (secondary N) is 1. The van der Waals surface area contributed by atoms with Crippen LogP contribution in [0.4, 0.5) is 5.82 Å². The first kappa shape index (κ1) is 16.0. The zero-order valence-electron chi connectivity index (χ0n) is 13.4. The van der Waals surface area contributed by atoms with Crippen LogP contribution in [-0.2, 0) is 0 Å². The van der Waals surface area contributed by atoms with E-state index in [-0.39, 0.29) is 12.6 Å². The fourth-order valence-corrected chi connectivity index (χ4v) is 3.26. The van der Waals surface area contributed by atoms with Crippen LogP contribution in [-0.4, -0.2) is 35.8 Å².